The molecule has 1 aliphatic carbocycles. The number of hydrogen-bond donors (Lipinski definition) is 2. The van der Waals surface area contributed by atoms with E-state index in [-0.39, 0.29) is 18.1 Å². The third-order valence-electron chi connectivity index (χ3n) is 4.31. The van der Waals surface area contributed by atoms with Gasteiger partial charge in [-0.2, -0.15) is 0 Å². The fourth-order valence-corrected chi connectivity index (χ4v) is 3.21. The van der Waals surface area contributed by atoms with Gasteiger partial charge in [0.15, 0.2) is 0 Å². The topological polar surface area (TPSA) is 63.5 Å². The second-order valence-corrected chi connectivity index (χ2v) is 6.00. The molecular weight excluding hydrogens is 292 g/mol. The lowest BCUT2D eigenvalue weighted by atomic mass is 10.0. The van der Waals surface area contributed by atoms with E-state index >= 15 is 0 Å². The molecule has 0 unspecified atom stereocenters. The molecular formula is C18H22N2O3. The van der Waals surface area contributed by atoms with Crippen LogP contribution in [-0.2, 0) is 11.2 Å². The number of ether oxygens (including phenoxy) is 1. The highest BCUT2D eigenvalue weighted by atomic mass is 16.5. The Labute approximate surface area is 136 Å². The lowest BCUT2D eigenvalue weighted by Crippen LogP contribution is -2.42. The van der Waals surface area contributed by atoms with Crippen LogP contribution in [0.5, 0.6) is 0 Å². The Kier molecular flexibility index (Phi) is 4.67. The third-order valence-corrected chi connectivity index (χ3v) is 4.31. The summed E-state index contributed by atoms with van der Waals surface area (Å²) in [4.78, 5) is 12.4. The van der Waals surface area contributed by atoms with E-state index in [1.807, 2.05) is 18.2 Å². The number of amides is 2. The minimum absolute atomic E-state index is 0.0333. The van der Waals surface area contributed by atoms with E-state index in [1.54, 1.807) is 19.4 Å². The van der Waals surface area contributed by atoms with Gasteiger partial charge < -0.3 is 19.8 Å². The van der Waals surface area contributed by atoms with Crippen molar-refractivity contribution in [2.45, 2.75) is 25.4 Å². The van der Waals surface area contributed by atoms with Crippen LogP contribution in [0.25, 0.3) is 0 Å². The van der Waals surface area contributed by atoms with E-state index in [2.05, 4.69) is 29.7 Å². The molecule has 1 heterocycles. The van der Waals surface area contributed by atoms with Gasteiger partial charge in [0, 0.05) is 7.11 Å². The SMILES string of the molecule is COC[C@H](NC(=O)N[C@H]1c2ccccc2C[C@H]1C)c1ccco1. The number of fused-ring (bicyclic) bond motifs is 1. The van der Waals surface area contributed by atoms with Gasteiger partial charge >= 0.3 is 6.03 Å². The standard InChI is InChI=1S/C18H22N2O3/c1-12-10-13-6-3-4-7-14(13)17(12)20-18(21)19-15(11-22-2)16-8-5-9-23-16/h3-9,12,15,17H,10-11H2,1-2H3,(H2,19,20,21)/t12-,15+,17-/m1/s1. The van der Waals surface area contributed by atoms with Gasteiger partial charge in [-0.05, 0) is 35.6 Å². The fraction of sp³-hybridized carbons (Fsp3) is 0.389. The van der Waals surface area contributed by atoms with Gasteiger partial charge in [0.05, 0.1) is 18.9 Å². The molecule has 0 saturated carbocycles. The molecule has 3 rings (SSSR count). The molecule has 1 aromatic heterocycles. The number of benzene rings is 1. The summed E-state index contributed by atoms with van der Waals surface area (Å²) in [6.45, 7) is 2.52. The molecule has 0 fully saturated rings. The molecule has 5 nitrogen and oxygen atoms in total. The molecule has 0 saturated heterocycles. The molecule has 1 aliphatic rings. The summed E-state index contributed by atoms with van der Waals surface area (Å²) in [7, 11) is 1.60. The van der Waals surface area contributed by atoms with E-state index in [4.69, 9.17) is 9.15 Å². The van der Waals surface area contributed by atoms with Crippen LogP contribution in [0.3, 0.4) is 0 Å². The molecule has 5 heteroatoms. The Morgan fingerprint density at radius 1 is 1.35 bits per heavy atom. The van der Waals surface area contributed by atoms with E-state index < -0.39 is 0 Å². The molecule has 1 aromatic carbocycles. The van der Waals surface area contributed by atoms with Crippen LogP contribution < -0.4 is 10.6 Å². The van der Waals surface area contributed by atoms with Crippen LogP contribution in [0, 0.1) is 5.92 Å². The summed E-state index contributed by atoms with van der Waals surface area (Å²) in [6.07, 6.45) is 2.58. The summed E-state index contributed by atoms with van der Waals surface area (Å²) < 4.78 is 10.5. The number of hydrogen-bond acceptors (Lipinski definition) is 3. The number of rotatable bonds is 5. The normalized spacial score (nSPS) is 20.8. The number of furan rings is 1. The first kappa shape index (κ1) is 15.6. The summed E-state index contributed by atoms with van der Waals surface area (Å²) in [5.74, 6) is 1.06. The van der Waals surface area contributed by atoms with Crippen molar-refractivity contribution in [1.29, 1.82) is 0 Å². The van der Waals surface area contributed by atoms with E-state index in [0.29, 0.717) is 18.3 Å². The van der Waals surface area contributed by atoms with Gasteiger partial charge in [0.1, 0.15) is 11.8 Å². The van der Waals surface area contributed by atoms with Crippen LogP contribution >= 0.6 is 0 Å². The number of urea groups is 1. The van der Waals surface area contributed by atoms with Crippen LogP contribution in [0.15, 0.2) is 47.1 Å². The summed E-state index contributed by atoms with van der Waals surface area (Å²) in [5, 5.41) is 6.02. The number of carbonyl (C=O) groups excluding carboxylic acids is 1. The maximum Gasteiger partial charge on any atom is 0.315 e. The summed E-state index contributed by atoms with van der Waals surface area (Å²) >= 11 is 0. The third kappa shape index (κ3) is 3.40. The van der Waals surface area contributed by atoms with Crippen molar-refractivity contribution in [3.8, 4) is 0 Å². The summed E-state index contributed by atoms with van der Waals surface area (Å²) in [6, 6.07) is 11.4. The highest BCUT2D eigenvalue weighted by Crippen LogP contribution is 2.35. The zero-order valence-corrected chi connectivity index (χ0v) is 13.4. The molecule has 0 radical (unpaired) electrons. The molecule has 2 amide bonds. The van der Waals surface area contributed by atoms with Crippen molar-refractivity contribution in [3.05, 3.63) is 59.5 Å². The molecule has 0 aliphatic heterocycles. The minimum Gasteiger partial charge on any atom is -0.467 e. The molecule has 2 N–H and O–H groups in total. The highest BCUT2D eigenvalue weighted by molar-refractivity contribution is 5.75. The van der Waals surface area contributed by atoms with E-state index in [9.17, 15) is 4.79 Å². The molecule has 0 spiro atoms. The first-order valence-corrected chi connectivity index (χ1v) is 7.86. The van der Waals surface area contributed by atoms with E-state index in [0.717, 1.165) is 6.42 Å². The number of nitrogens with one attached hydrogen (secondary N) is 2. The van der Waals surface area contributed by atoms with Crippen molar-refractivity contribution in [3.63, 3.8) is 0 Å². The lowest BCUT2D eigenvalue weighted by molar-refractivity contribution is 0.156. The second-order valence-electron chi connectivity index (χ2n) is 6.00. The van der Waals surface area contributed by atoms with Gasteiger partial charge in [0.25, 0.3) is 0 Å². The Morgan fingerprint density at radius 2 is 2.17 bits per heavy atom. The molecule has 3 atom stereocenters. The van der Waals surface area contributed by atoms with Gasteiger partial charge in [-0.3, -0.25) is 0 Å². The van der Waals surface area contributed by atoms with Gasteiger partial charge in [0.2, 0.25) is 0 Å². The maximum atomic E-state index is 12.4. The minimum atomic E-state index is -0.304. The molecule has 23 heavy (non-hydrogen) atoms. The largest absolute Gasteiger partial charge is 0.467 e. The first-order valence-electron chi connectivity index (χ1n) is 7.86. The summed E-state index contributed by atoms with van der Waals surface area (Å²) in [5.41, 5.74) is 2.52. The average Bonchev–Trinajstić information content (AvgIpc) is 3.16. The maximum absolute atomic E-state index is 12.4. The van der Waals surface area contributed by atoms with Crippen molar-refractivity contribution >= 4 is 6.03 Å². The van der Waals surface area contributed by atoms with E-state index in [1.165, 1.54) is 11.1 Å². The zero-order valence-electron chi connectivity index (χ0n) is 13.4. The van der Waals surface area contributed by atoms with Gasteiger partial charge in [-0.15, -0.1) is 0 Å². The quantitative estimate of drug-likeness (QED) is 0.891. The predicted octanol–water partition coefficient (Wildman–Crippen LogP) is 3.20. The second kappa shape index (κ2) is 6.87. The van der Waals surface area contributed by atoms with Crippen molar-refractivity contribution in [2.75, 3.05) is 13.7 Å². The fourth-order valence-electron chi connectivity index (χ4n) is 3.21. The first-order chi connectivity index (χ1) is 11.2. The zero-order chi connectivity index (χ0) is 16.2. The van der Waals surface area contributed by atoms with Crippen LogP contribution in [0.2, 0.25) is 0 Å². The molecule has 2 aromatic rings. The lowest BCUT2D eigenvalue weighted by Gasteiger charge is -2.22. The van der Waals surface area contributed by atoms with Gasteiger partial charge in [-0.1, -0.05) is 31.2 Å². The Hall–Kier alpha value is -2.27. The average molecular weight is 314 g/mol. The van der Waals surface area contributed by atoms with Crippen LogP contribution in [0.4, 0.5) is 4.79 Å². The smallest absolute Gasteiger partial charge is 0.315 e. The monoisotopic (exact) mass is 314 g/mol. The predicted molar refractivity (Wildman–Crippen MR) is 87.0 cm³/mol. The Bertz CT molecular complexity index is 654. The van der Waals surface area contributed by atoms with Gasteiger partial charge in [-0.25, -0.2) is 4.79 Å². The van der Waals surface area contributed by atoms with Crippen molar-refractivity contribution in [1.82, 2.24) is 10.6 Å². The number of carbonyl (C=O) groups is 1. The Balaban J connectivity index is 1.67. The van der Waals surface area contributed by atoms with Crippen LogP contribution in [0.1, 0.15) is 35.9 Å². The molecule has 0 bridgehead atoms. The Morgan fingerprint density at radius 3 is 2.91 bits per heavy atom. The van der Waals surface area contributed by atoms with Crippen molar-refractivity contribution < 1.29 is 13.9 Å². The van der Waals surface area contributed by atoms with Crippen LogP contribution in [-0.4, -0.2) is 19.7 Å². The van der Waals surface area contributed by atoms with Crippen molar-refractivity contribution in [2.24, 2.45) is 5.92 Å². The highest BCUT2D eigenvalue weighted by Gasteiger charge is 2.30. The number of methoxy groups -OCH3 is 1. The molecule has 122 valence electrons.